The number of imidazole rings is 1. The van der Waals surface area contributed by atoms with E-state index in [0.29, 0.717) is 5.95 Å². The monoisotopic (exact) mass is 270 g/mol. The molecule has 1 atom stereocenters. The van der Waals surface area contributed by atoms with Crippen molar-refractivity contribution < 1.29 is 4.39 Å². The molecule has 2 heterocycles. The lowest BCUT2D eigenvalue weighted by atomic mass is 10.1. The van der Waals surface area contributed by atoms with E-state index in [1.165, 1.54) is 12.1 Å². The van der Waals surface area contributed by atoms with Gasteiger partial charge in [-0.1, -0.05) is 12.1 Å². The van der Waals surface area contributed by atoms with E-state index < -0.39 is 0 Å². The van der Waals surface area contributed by atoms with Crippen molar-refractivity contribution in [1.29, 1.82) is 0 Å². The molecule has 102 valence electrons. The third-order valence-electron chi connectivity index (χ3n) is 3.53. The van der Waals surface area contributed by atoms with Gasteiger partial charge in [-0.25, -0.2) is 14.4 Å². The average molecular weight is 270 g/mol. The van der Waals surface area contributed by atoms with Crippen LogP contribution in [0.3, 0.4) is 0 Å². The summed E-state index contributed by atoms with van der Waals surface area (Å²) in [5.74, 6) is 0.125. The number of halogens is 1. The molecule has 2 aromatic heterocycles. The van der Waals surface area contributed by atoms with Gasteiger partial charge < -0.3 is 5.73 Å². The summed E-state index contributed by atoms with van der Waals surface area (Å²) in [6.07, 6.45) is 1.73. The Morgan fingerprint density at radius 1 is 1.30 bits per heavy atom. The first-order valence-electron chi connectivity index (χ1n) is 6.42. The Kier molecular flexibility index (Phi) is 2.89. The van der Waals surface area contributed by atoms with Crippen LogP contribution in [0.1, 0.15) is 24.1 Å². The lowest BCUT2D eigenvalue weighted by Crippen LogP contribution is -2.11. The Balaban J connectivity index is 2.19. The highest BCUT2D eigenvalue weighted by Gasteiger charge is 2.17. The number of benzene rings is 1. The van der Waals surface area contributed by atoms with Gasteiger partial charge in [0, 0.05) is 6.20 Å². The van der Waals surface area contributed by atoms with Gasteiger partial charge >= 0.3 is 0 Å². The smallest absolute Gasteiger partial charge is 0.203 e. The highest BCUT2D eigenvalue weighted by Crippen LogP contribution is 2.27. The standard InChI is InChI=1S/C15H15FN4/c1-9-6-7-18-14-13(9)19-15(17)20(14)10(2)11-4-3-5-12(16)8-11/h3-8,10H,1-2H3,(H2,17,19). The number of fused-ring (bicyclic) bond motifs is 1. The highest BCUT2D eigenvalue weighted by atomic mass is 19.1. The molecule has 0 fully saturated rings. The predicted molar refractivity (Wildman–Crippen MR) is 76.9 cm³/mol. The van der Waals surface area contributed by atoms with Crippen LogP contribution in [-0.2, 0) is 0 Å². The first-order chi connectivity index (χ1) is 9.58. The zero-order chi connectivity index (χ0) is 14.3. The molecule has 0 aliphatic heterocycles. The number of pyridine rings is 1. The van der Waals surface area contributed by atoms with E-state index in [9.17, 15) is 4.39 Å². The van der Waals surface area contributed by atoms with Crippen LogP contribution in [-0.4, -0.2) is 14.5 Å². The van der Waals surface area contributed by atoms with Gasteiger partial charge in [0.25, 0.3) is 0 Å². The molecule has 0 radical (unpaired) electrons. The van der Waals surface area contributed by atoms with E-state index in [2.05, 4.69) is 9.97 Å². The number of hydrogen-bond acceptors (Lipinski definition) is 3. The fourth-order valence-electron chi connectivity index (χ4n) is 2.42. The minimum atomic E-state index is -0.263. The van der Waals surface area contributed by atoms with Gasteiger partial charge in [0.1, 0.15) is 11.3 Å². The molecule has 2 N–H and O–H groups in total. The summed E-state index contributed by atoms with van der Waals surface area (Å²) in [5.41, 5.74) is 9.38. The van der Waals surface area contributed by atoms with Crippen LogP contribution in [0.5, 0.6) is 0 Å². The Hall–Kier alpha value is -2.43. The van der Waals surface area contributed by atoms with Crippen LogP contribution < -0.4 is 5.73 Å². The number of hydrogen-bond donors (Lipinski definition) is 1. The SMILES string of the molecule is Cc1ccnc2c1nc(N)n2C(C)c1cccc(F)c1. The van der Waals surface area contributed by atoms with Gasteiger partial charge in [-0.3, -0.25) is 4.57 Å². The topological polar surface area (TPSA) is 56.7 Å². The van der Waals surface area contributed by atoms with Crippen LogP contribution in [0.4, 0.5) is 10.3 Å². The maximum absolute atomic E-state index is 13.4. The number of nitrogens with zero attached hydrogens (tertiary/aromatic N) is 3. The number of aryl methyl sites for hydroxylation is 1. The molecule has 4 nitrogen and oxygen atoms in total. The van der Waals surface area contributed by atoms with Gasteiger partial charge in [0.2, 0.25) is 5.95 Å². The Labute approximate surface area is 116 Å². The zero-order valence-corrected chi connectivity index (χ0v) is 11.3. The molecular weight excluding hydrogens is 255 g/mol. The van der Waals surface area contributed by atoms with Crippen molar-refractivity contribution in [2.75, 3.05) is 5.73 Å². The van der Waals surface area contributed by atoms with Gasteiger partial charge in [-0.2, -0.15) is 0 Å². The molecule has 0 spiro atoms. The molecule has 1 aromatic carbocycles. The normalized spacial score (nSPS) is 12.8. The van der Waals surface area contributed by atoms with E-state index in [4.69, 9.17) is 5.73 Å². The summed E-state index contributed by atoms with van der Waals surface area (Å²) in [7, 11) is 0. The summed E-state index contributed by atoms with van der Waals surface area (Å²) in [4.78, 5) is 8.72. The van der Waals surface area contributed by atoms with E-state index >= 15 is 0 Å². The summed E-state index contributed by atoms with van der Waals surface area (Å²) in [6, 6.07) is 8.25. The Morgan fingerprint density at radius 3 is 2.85 bits per heavy atom. The minimum absolute atomic E-state index is 0.134. The largest absolute Gasteiger partial charge is 0.369 e. The van der Waals surface area contributed by atoms with Crippen molar-refractivity contribution in [3.63, 3.8) is 0 Å². The number of anilines is 1. The first-order valence-corrected chi connectivity index (χ1v) is 6.42. The molecule has 0 bridgehead atoms. The van der Waals surface area contributed by atoms with Crippen molar-refractivity contribution in [2.24, 2.45) is 0 Å². The van der Waals surface area contributed by atoms with Crippen LogP contribution in [0.15, 0.2) is 36.5 Å². The molecule has 0 aliphatic rings. The Morgan fingerprint density at radius 2 is 2.10 bits per heavy atom. The first kappa shape index (κ1) is 12.6. The van der Waals surface area contributed by atoms with Gasteiger partial charge in [-0.15, -0.1) is 0 Å². The van der Waals surface area contributed by atoms with Gasteiger partial charge in [0.15, 0.2) is 5.65 Å². The zero-order valence-electron chi connectivity index (χ0n) is 11.3. The van der Waals surface area contributed by atoms with Crippen LogP contribution >= 0.6 is 0 Å². The third-order valence-corrected chi connectivity index (χ3v) is 3.53. The molecular formula is C15H15FN4. The molecule has 1 unspecified atom stereocenters. The molecule has 0 aliphatic carbocycles. The lowest BCUT2D eigenvalue weighted by molar-refractivity contribution is 0.611. The van der Waals surface area contributed by atoms with Crippen molar-refractivity contribution in [3.05, 3.63) is 53.5 Å². The minimum Gasteiger partial charge on any atom is -0.369 e. The predicted octanol–water partition coefficient (Wildman–Crippen LogP) is 3.07. The van der Waals surface area contributed by atoms with E-state index in [0.717, 1.165) is 22.3 Å². The molecule has 5 heteroatoms. The van der Waals surface area contributed by atoms with Crippen molar-refractivity contribution in [1.82, 2.24) is 14.5 Å². The van der Waals surface area contributed by atoms with E-state index in [1.54, 1.807) is 12.3 Å². The number of rotatable bonds is 2. The molecule has 20 heavy (non-hydrogen) atoms. The van der Waals surface area contributed by atoms with Gasteiger partial charge in [0.05, 0.1) is 6.04 Å². The maximum Gasteiger partial charge on any atom is 0.203 e. The second kappa shape index (κ2) is 4.59. The quantitative estimate of drug-likeness (QED) is 0.778. The molecule has 3 aromatic rings. The van der Waals surface area contributed by atoms with E-state index in [1.807, 2.05) is 30.5 Å². The fourth-order valence-corrected chi connectivity index (χ4v) is 2.42. The van der Waals surface area contributed by atoms with E-state index in [-0.39, 0.29) is 11.9 Å². The third kappa shape index (κ3) is 1.91. The summed E-state index contributed by atoms with van der Waals surface area (Å²) in [5, 5.41) is 0. The maximum atomic E-state index is 13.4. The molecule has 3 rings (SSSR count). The van der Waals surface area contributed by atoms with Crippen LogP contribution in [0.25, 0.3) is 11.2 Å². The fraction of sp³-hybridized carbons (Fsp3) is 0.200. The summed E-state index contributed by atoms with van der Waals surface area (Å²) < 4.78 is 15.2. The summed E-state index contributed by atoms with van der Waals surface area (Å²) >= 11 is 0. The second-order valence-corrected chi connectivity index (χ2v) is 4.87. The van der Waals surface area contributed by atoms with Gasteiger partial charge in [-0.05, 0) is 43.2 Å². The van der Waals surface area contributed by atoms with Crippen LogP contribution in [0.2, 0.25) is 0 Å². The Bertz CT molecular complexity index is 779. The number of nitrogens with two attached hydrogens (primary N) is 1. The summed E-state index contributed by atoms with van der Waals surface area (Å²) in [6.45, 7) is 3.92. The second-order valence-electron chi connectivity index (χ2n) is 4.87. The average Bonchev–Trinajstić information content (AvgIpc) is 2.76. The molecule has 0 amide bonds. The number of aromatic nitrogens is 3. The van der Waals surface area contributed by atoms with Crippen molar-refractivity contribution in [3.8, 4) is 0 Å². The number of nitrogen functional groups attached to an aromatic ring is 1. The van der Waals surface area contributed by atoms with Crippen molar-refractivity contribution in [2.45, 2.75) is 19.9 Å². The van der Waals surface area contributed by atoms with Crippen molar-refractivity contribution >= 4 is 17.1 Å². The molecule has 0 saturated heterocycles. The van der Waals surface area contributed by atoms with Crippen LogP contribution in [0, 0.1) is 12.7 Å². The highest BCUT2D eigenvalue weighted by molar-refractivity contribution is 5.77. The lowest BCUT2D eigenvalue weighted by Gasteiger charge is -2.16. The molecule has 0 saturated carbocycles.